The van der Waals surface area contributed by atoms with Crippen molar-refractivity contribution >= 4 is 5.97 Å². The molecule has 1 aliphatic carbocycles. The number of ether oxygens (including phenoxy) is 1. The number of carbonyl (C=O) groups is 1. The van der Waals surface area contributed by atoms with Gasteiger partial charge in [-0.3, -0.25) is 4.79 Å². The first-order chi connectivity index (χ1) is 10.1. The van der Waals surface area contributed by atoms with Crippen LogP contribution < -0.4 is 0 Å². The fourth-order valence-corrected chi connectivity index (χ4v) is 3.11. The minimum atomic E-state index is -0.239. The zero-order chi connectivity index (χ0) is 15.2. The Labute approximate surface area is 127 Å². The Morgan fingerprint density at radius 1 is 1.24 bits per heavy atom. The smallest absolute Gasteiger partial charge is 0.313 e. The highest BCUT2D eigenvalue weighted by Gasteiger charge is 2.32. The number of rotatable bonds is 2. The van der Waals surface area contributed by atoms with E-state index in [0.717, 1.165) is 31.3 Å². The minimum Gasteiger partial charge on any atom is -0.469 e. The van der Waals surface area contributed by atoms with Crippen LogP contribution >= 0.6 is 0 Å². The molecule has 1 aromatic carbocycles. The van der Waals surface area contributed by atoms with Crippen LogP contribution in [-0.2, 0) is 9.53 Å². The van der Waals surface area contributed by atoms with Crippen LogP contribution in [0.1, 0.15) is 44.1 Å². The van der Waals surface area contributed by atoms with E-state index in [1.807, 2.05) is 18.2 Å². The summed E-state index contributed by atoms with van der Waals surface area (Å²) in [6, 6.07) is 10.3. The van der Waals surface area contributed by atoms with Crippen molar-refractivity contribution < 1.29 is 9.53 Å². The second-order valence-corrected chi connectivity index (χ2v) is 5.80. The lowest BCUT2D eigenvalue weighted by Gasteiger charge is -2.27. The molecule has 2 atom stereocenters. The van der Waals surface area contributed by atoms with Gasteiger partial charge in [0.1, 0.15) is 0 Å². The molecule has 0 spiro atoms. The van der Waals surface area contributed by atoms with Gasteiger partial charge in [-0.15, -0.1) is 0 Å². The summed E-state index contributed by atoms with van der Waals surface area (Å²) in [4.78, 5) is 12.3. The summed E-state index contributed by atoms with van der Waals surface area (Å²) in [6.45, 7) is 6.35. The van der Waals surface area contributed by atoms with Crippen molar-refractivity contribution in [2.24, 2.45) is 5.92 Å². The fraction of sp³-hybridized carbons (Fsp3) is 0.421. The highest BCUT2D eigenvalue weighted by molar-refractivity contribution is 5.77. The zero-order valence-corrected chi connectivity index (χ0v) is 13.0. The lowest BCUT2D eigenvalue weighted by molar-refractivity contribution is -0.145. The van der Waals surface area contributed by atoms with Crippen LogP contribution in [0.2, 0.25) is 0 Å². The van der Waals surface area contributed by atoms with Crippen molar-refractivity contribution in [2.75, 3.05) is 7.11 Å². The Morgan fingerprint density at radius 3 is 2.62 bits per heavy atom. The number of benzene rings is 1. The predicted molar refractivity (Wildman–Crippen MR) is 86.1 cm³/mol. The highest BCUT2D eigenvalue weighted by atomic mass is 16.5. The van der Waals surface area contributed by atoms with E-state index >= 15 is 0 Å². The summed E-state index contributed by atoms with van der Waals surface area (Å²) in [7, 11) is 1.47. The van der Waals surface area contributed by atoms with E-state index in [0.29, 0.717) is 0 Å². The molecule has 2 nitrogen and oxygen atoms in total. The number of esters is 1. The molecule has 2 rings (SSSR count). The van der Waals surface area contributed by atoms with Crippen molar-refractivity contribution in [1.82, 2.24) is 0 Å². The first kappa shape index (κ1) is 15.6. The van der Waals surface area contributed by atoms with Crippen LogP contribution in [0.3, 0.4) is 0 Å². The molecule has 0 radical (unpaired) electrons. The molecular formula is C19H24O2. The van der Waals surface area contributed by atoms with E-state index in [4.69, 9.17) is 4.74 Å². The molecule has 112 valence electrons. The van der Waals surface area contributed by atoms with Crippen molar-refractivity contribution in [3.05, 3.63) is 59.7 Å². The summed E-state index contributed by atoms with van der Waals surface area (Å²) in [6.07, 6.45) is 6.04. The molecule has 0 bridgehead atoms. The lowest BCUT2D eigenvalue weighted by Crippen LogP contribution is -2.25. The van der Waals surface area contributed by atoms with E-state index in [1.54, 1.807) is 0 Å². The third-order valence-corrected chi connectivity index (χ3v) is 4.33. The first-order valence-corrected chi connectivity index (χ1v) is 7.59. The van der Waals surface area contributed by atoms with Crippen LogP contribution in [0.25, 0.3) is 0 Å². The number of hydrogen-bond acceptors (Lipinski definition) is 2. The van der Waals surface area contributed by atoms with E-state index in [9.17, 15) is 4.79 Å². The summed E-state index contributed by atoms with van der Waals surface area (Å²) in [5.41, 5.74) is 3.58. The Morgan fingerprint density at radius 2 is 1.95 bits per heavy atom. The predicted octanol–water partition coefficient (Wildman–Crippen LogP) is 4.64. The lowest BCUT2D eigenvalue weighted by atomic mass is 9.78. The molecule has 0 saturated heterocycles. The molecule has 0 aromatic heterocycles. The average Bonchev–Trinajstić information content (AvgIpc) is 2.57. The molecule has 2 heteroatoms. The van der Waals surface area contributed by atoms with Crippen LogP contribution in [0.4, 0.5) is 0 Å². The highest BCUT2D eigenvalue weighted by Crippen LogP contribution is 2.38. The molecule has 1 aromatic rings. The van der Waals surface area contributed by atoms with E-state index in [2.05, 4.69) is 31.7 Å². The summed E-state index contributed by atoms with van der Waals surface area (Å²) < 4.78 is 5.06. The van der Waals surface area contributed by atoms with Crippen LogP contribution in [0.15, 0.2) is 54.1 Å². The second kappa shape index (κ2) is 7.26. The minimum absolute atomic E-state index is 0.146. The van der Waals surface area contributed by atoms with Gasteiger partial charge in [-0.25, -0.2) is 0 Å². The second-order valence-electron chi connectivity index (χ2n) is 5.80. The van der Waals surface area contributed by atoms with Gasteiger partial charge < -0.3 is 4.74 Å². The summed E-state index contributed by atoms with van der Waals surface area (Å²) in [5, 5.41) is 0. The number of hydrogen-bond donors (Lipinski definition) is 0. The van der Waals surface area contributed by atoms with Gasteiger partial charge in [-0.1, -0.05) is 54.1 Å². The Balaban J connectivity index is 2.38. The van der Waals surface area contributed by atoms with Crippen LogP contribution in [-0.4, -0.2) is 13.1 Å². The number of allylic oxidation sites excluding steroid dienone is 2. The van der Waals surface area contributed by atoms with Crippen molar-refractivity contribution in [1.29, 1.82) is 0 Å². The van der Waals surface area contributed by atoms with Gasteiger partial charge in [-0.2, -0.15) is 0 Å². The third-order valence-electron chi connectivity index (χ3n) is 4.33. The van der Waals surface area contributed by atoms with Gasteiger partial charge in [-0.05, 0) is 38.2 Å². The van der Waals surface area contributed by atoms with Gasteiger partial charge in [0.05, 0.1) is 13.0 Å². The summed E-state index contributed by atoms with van der Waals surface area (Å²) in [5.74, 6) is -0.252. The normalized spacial score (nSPS) is 26.0. The largest absolute Gasteiger partial charge is 0.469 e. The first-order valence-electron chi connectivity index (χ1n) is 7.59. The van der Waals surface area contributed by atoms with E-state index in [-0.39, 0.29) is 17.8 Å². The molecule has 21 heavy (non-hydrogen) atoms. The molecule has 0 heterocycles. The molecule has 0 N–H and O–H groups in total. The van der Waals surface area contributed by atoms with Crippen molar-refractivity contribution in [3.8, 4) is 0 Å². The van der Waals surface area contributed by atoms with E-state index in [1.165, 1.54) is 18.2 Å². The SMILES string of the molecule is C=C1CC/C=C(\C)CC[C@H](c2ccccc2)[C@H]1C(=O)OC. The molecule has 0 aliphatic heterocycles. The number of methoxy groups -OCH3 is 1. The molecule has 1 aliphatic rings. The van der Waals surface area contributed by atoms with Crippen LogP contribution in [0, 0.1) is 5.92 Å². The van der Waals surface area contributed by atoms with Crippen LogP contribution in [0.5, 0.6) is 0 Å². The zero-order valence-electron chi connectivity index (χ0n) is 13.0. The average molecular weight is 284 g/mol. The van der Waals surface area contributed by atoms with E-state index < -0.39 is 0 Å². The maximum Gasteiger partial charge on any atom is 0.313 e. The van der Waals surface area contributed by atoms with Gasteiger partial charge >= 0.3 is 5.97 Å². The maximum absolute atomic E-state index is 12.3. The molecule has 0 amide bonds. The van der Waals surface area contributed by atoms with Gasteiger partial charge in [0, 0.05) is 5.92 Å². The Bertz CT molecular complexity index is 528. The van der Waals surface area contributed by atoms with Gasteiger partial charge in [0.25, 0.3) is 0 Å². The third kappa shape index (κ3) is 3.84. The van der Waals surface area contributed by atoms with Crippen molar-refractivity contribution in [2.45, 2.75) is 38.5 Å². The monoisotopic (exact) mass is 284 g/mol. The standard InChI is InChI=1S/C19H24O2/c1-14-8-7-9-15(2)18(19(20)21-3)17(13-12-14)16-10-5-4-6-11-16/h4-6,8,10-11,17-18H,2,7,9,12-13H2,1,3H3/b14-8+/t17-,18+/m1/s1. The molecule has 0 fully saturated rings. The fourth-order valence-electron chi connectivity index (χ4n) is 3.11. The van der Waals surface area contributed by atoms with Gasteiger partial charge in [0.2, 0.25) is 0 Å². The summed E-state index contributed by atoms with van der Waals surface area (Å²) >= 11 is 0. The topological polar surface area (TPSA) is 26.3 Å². The molecular weight excluding hydrogens is 260 g/mol. The maximum atomic E-state index is 12.3. The molecule has 0 unspecified atom stereocenters. The van der Waals surface area contributed by atoms with Gasteiger partial charge in [0.15, 0.2) is 0 Å². The number of carbonyl (C=O) groups excluding carboxylic acids is 1. The Kier molecular flexibility index (Phi) is 5.38. The quantitative estimate of drug-likeness (QED) is 0.584. The molecule has 0 saturated carbocycles. The van der Waals surface area contributed by atoms with Crippen molar-refractivity contribution in [3.63, 3.8) is 0 Å². The Hall–Kier alpha value is -1.83.